The summed E-state index contributed by atoms with van der Waals surface area (Å²) >= 11 is 1.87. The van der Waals surface area contributed by atoms with Crippen molar-refractivity contribution in [2.24, 2.45) is 0 Å². The Morgan fingerprint density at radius 3 is 2.87 bits per heavy atom. The van der Waals surface area contributed by atoms with Gasteiger partial charge in [-0.15, -0.1) is 0 Å². The molecule has 1 aliphatic carbocycles. The van der Waals surface area contributed by atoms with Crippen LogP contribution in [-0.2, 0) is 0 Å². The van der Waals surface area contributed by atoms with Gasteiger partial charge in [0.1, 0.15) is 12.1 Å². The Morgan fingerprint density at radius 1 is 1.53 bits per heavy atom. The third kappa shape index (κ3) is 2.22. The lowest BCUT2D eigenvalue weighted by atomic mass is 10.3. The highest BCUT2D eigenvalue weighted by Gasteiger charge is 2.41. The number of halogens is 1. The molecule has 0 aromatic carbocycles. The van der Waals surface area contributed by atoms with E-state index in [1.165, 1.54) is 19.2 Å². The predicted octanol–water partition coefficient (Wildman–Crippen LogP) is 2.23. The predicted molar refractivity (Wildman–Crippen MR) is 60.7 cm³/mol. The molecular weight excluding hydrogens is 213 g/mol. The van der Waals surface area contributed by atoms with E-state index in [-0.39, 0.29) is 0 Å². The molecule has 0 atom stereocenters. The molecule has 1 aromatic rings. The van der Waals surface area contributed by atoms with E-state index in [0.29, 0.717) is 16.1 Å². The van der Waals surface area contributed by atoms with Gasteiger partial charge in [0, 0.05) is 16.9 Å². The Kier molecular flexibility index (Phi) is 2.82. The second-order valence-corrected chi connectivity index (χ2v) is 5.15. The molecule has 1 aromatic heterocycles. The van der Waals surface area contributed by atoms with Crippen molar-refractivity contribution in [1.82, 2.24) is 9.97 Å². The molecule has 0 radical (unpaired) electrons. The van der Waals surface area contributed by atoms with Crippen LogP contribution in [0.5, 0.6) is 0 Å². The highest BCUT2D eigenvalue weighted by Crippen LogP contribution is 2.47. The molecule has 0 spiro atoms. The van der Waals surface area contributed by atoms with Gasteiger partial charge in [-0.1, -0.05) is 0 Å². The first-order chi connectivity index (χ1) is 7.17. The molecule has 0 bridgehead atoms. The average molecular weight is 227 g/mol. The number of nitrogens with one attached hydrogen (secondary N) is 1. The zero-order chi connectivity index (χ0) is 10.9. The molecule has 0 amide bonds. The van der Waals surface area contributed by atoms with Crippen LogP contribution in [0.25, 0.3) is 0 Å². The van der Waals surface area contributed by atoms with E-state index in [4.69, 9.17) is 0 Å². The lowest BCUT2D eigenvalue weighted by Crippen LogP contribution is -2.19. The molecule has 82 valence electrons. The minimum Gasteiger partial charge on any atom is -0.368 e. The summed E-state index contributed by atoms with van der Waals surface area (Å²) in [6.07, 6.45) is 5.83. The van der Waals surface area contributed by atoms with Crippen molar-refractivity contribution in [2.75, 3.05) is 18.1 Å². The van der Waals surface area contributed by atoms with E-state index in [1.807, 2.05) is 11.8 Å². The van der Waals surface area contributed by atoms with E-state index in [1.54, 1.807) is 6.92 Å². The lowest BCUT2D eigenvalue weighted by Gasteiger charge is -2.14. The van der Waals surface area contributed by atoms with Gasteiger partial charge in [-0.3, -0.25) is 0 Å². The Bertz CT molecular complexity index is 366. The standard InChI is InChI=1S/C10H14FN3S/c1-7-8(11)13-6-14-9(7)12-5-10(15-2)3-4-10/h6H,3-5H2,1-2H3,(H,12,13,14). The molecule has 0 aliphatic heterocycles. The van der Waals surface area contributed by atoms with Crippen LogP contribution >= 0.6 is 11.8 Å². The van der Waals surface area contributed by atoms with Crippen LogP contribution in [0.3, 0.4) is 0 Å². The highest BCUT2D eigenvalue weighted by atomic mass is 32.2. The maximum absolute atomic E-state index is 13.1. The summed E-state index contributed by atoms with van der Waals surface area (Å²) in [5, 5.41) is 3.20. The Labute approximate surface area is 92.9 Å². The summed E-state index contributed by atoms with van der Waals surface area (Å²) < 4.78 is 13.5. The SMILES string of the molecule is CSC1(CNc2ncnc(F)c2C)CC1. The van der Waals surface area contributed by atoms with Crippen LogP contribution in [0.1, 0.15) is 18.4 Å². The third-order valence-electron chi connectivity index (χ3n) is 2.84. The van der Waals surface area contributed by atoms with Crippen molar-refractivity contribution < 1.29 is 4.39 Å². The van der Waals surface area contributed by atoms with Crippen LogP contribution in [0, 0.1) is 12.9 Å². The summed E-state index contributed by atoms with van der Waals surface area (Å²) in [6, 6.07) is 0. The maximum atomic E-state index is 13.1. The molecule has 3 nitrogen and oxygen atoms in total. The molecule has 2 rings (SSSR count). The monoisotopic (exact) mass is 227 g/mol. The molecule has 0 unspecified atom stereocenters. The molecule has 1 fully saturated rings. The smallest absolute Gasteiger partial charge is 0.220 e. The molecule has 1 saturated carbocycles. The average Bonchev–Trinajstić information content (AvgIpc) is 3.01. The van der Waals surface area contributed by atoms with Gasteiger partial charge in [0.05, 0.1) is 0 Å². The summed E-state index contributed by atoms with van der Waals surface area (Å²) in [6.45, 7) is 2.54. The highest BCUT2D eigenvalue weighted by molar-refractivity contribution is 8.00. The van der Waals surface area contributed by atoms with Crippen LogP contribution in [0.15, 0.2) is 6.33 Å². The molecule has 1 aliphatic rings. The topological polar surface area (TPSA) is 37.8 Å². The van der Waals surface area contributed by atoms with Crippen LogP contribution in [-0.4, -0.2) is 27.5 Å². The number of aromatic nitrogens is 2. The van der Waals surface area contributed by atoms with Gasteiger partial charge in [-0.25, -0.2) is 9.97 Å². The van der Waals surface area contributed by atoms with Gasteiger partial charge < -0.3 is 5.32 Å². The summed E-state index contributed by atoms with van der Waals surface area (Å²) in [5.74, 6) is 0.171. The first kappa shape index (κ1) is 10.7. The fourth-order valence-electron chi connectivity index (χ4n) is 1.44. The number of thioether (sulfide) groups is 1. The number of hydrogen-bond acceptors (Lipinski definition) is 4. The van der Waals surface area contributed by atoms with Gasteiger partial charge in [0.2, 0.25) is 5.95 Å². The van der Waals surface area contributed by atoms with Gasteiger partial charge in [0.15, 0.2) is 0 Å². The lowest BCUT2D eigenvalue weighted by molar-refractivity contribution is 0.570. The van der Waals surface area contributed by atoms with Crippen LogP contribution in [0.2, 0.25) is 0 Å². The van der Waals surface area contributed by atoms with E-state index in [2.05, 4.69) is 21.5 Å². The zero-order valence-corrected chi connectivity index (χ0v) is 9.70. The molecule has 5 heteroatoms. The second-order valence-electron chi connectivity index (χ2n) is 3.88. The summed E-state index contributed by atoms with van der Waals surface area (Å²) in [5.41, 5.74) is 0.495. The number of anilines is 1. The molecular formula is C10H14FN3S. The van der Waals surface area contributed by atoms with Gasteiger partial charge in [-0.05, 0) is 26.0 Å². The van der Waals surface area contributed by atoms with Gasteiger partial charge >= 0.3 is 0 Å². The molecule has 15 heavy (non-hydrogen) atoms. The second kappa shape index (κ2) is 3.96. The summed E-state index contributed by atoms with van der Waals surface area (Å²) in [7, 11) is 0. The van der Waals surface area contributed by atoms with Crippen molar-refractivity contribution in [2.45, 2.75) is 24.5 Å². The fourth-order valence-corrected chi connectivity index (χ4v) is 2.17. The number of rotatable bonds is 4. The molecule has 0 saturated heterocycles. The summed E-state index contributed by atoms with van der Waals surface area (Å²) in [4.78, 5) is 7.53. The number of nitrogens with zero attached hydrogens (tertiary/aromatic N) is 2. The quantitative estimate of drug-likeness (QED) is 0.800. The van der Waals surface area contributed by atoms with Crippen molar-refractivity contribution >= 4 is 17.6 Å². The van der Waals surface area contributed by atoms with Crippen molar-refractivity contribution in [3.05, 3.63) is 17.8 Å². The van der Waals surface area contributed by atoms with E-state index in [9.17, 15) is 4.39 Å². The van der Waals surface area contributed by atoms with E-state index >= 15 is 0 Å². The fraction of sp³-hybridized carbons (Fsp3) is 0.600. The molecule has 1 N–H and O–H groups in total. The van der Waals surface area contributed by atoms with Crippen molar-refractivity contribution in [3.8, 4) is 0 Å². The van der Waals surface area contributed by atoms with Crippen LogP contribution in [0.4, 0.5) is 10.2 Å². The Balaban J connectivity index is 2.02. The van der Waals surface area contributed by atoms with Crippen molar-refractivity contribution in [3.63, 3.8) is 0 Å². The number of hydrogen-bond donors (Lipinski definition) is 1. The minimum atomic E-state index is -0.443. The maximum Gasteiger partial charge on any atom is 0.220 e. The Hall–Kier alpha value is -0.840. The minimum absolute atomic E-state index is 0.355. The largest absolute Gasteiger partial charge is 0.368 e. The first-order valence-electron chi connectivity index (χ1n) is 4.93. The van der Waals surface area contributed by atoms with Crippen LogP contribution < -0.4 is 5.32 Å². The first-order valence-corrected chi connectivity index (χ1v) is 6.15. The third-order valence-corrected chi connectivity index (χ3v) is 4.26. The molecule has 1 heterocycles. The normalized spacial score (nSPS) is 17.5. The van der Waals surface area contributed by atoms with Gasteiger partial charge in [-0.2, -0.15) is 16.2 Å². The van der Waals surface area contributed by atoms with Gasteiger partial charge in [0.25, 0.3) is 0 Å². The zero-order valence-electron chi connectivity index (χ0n) is 8.88. The van der Waals surface area contributed by atoms with E-state index in [0.717, 1.165) is 6.54 Å². The van der Waals surface area contributed by atoms with Crippen molar-refractivity contribution in [1.29, 1.82) is 0 Å². The van der Waals surface area contributed by atoms with E-state index < -0.39 is 5.95 Å². The Morgan fingerprint density at radius 2 is 2.27 bits per heavy atom.